The van der Waals surface area contributed by atoms with E-state index in [9.17, 15) is 4.79 Å². The number of nitrogen functional groups attached to an aromatic ring is 1. The Labute approximate surface area is 109 Å². The lowest BCUT2D eigenvalue weighted by atomic mass is 10.1. The number of nitriles is 1. The van der Waals surface area contributed by atoms with Gasteiger partial charge in [-0.3, -0.25) is 4.79 Å². The van der Waals surface area contributed by atoms with Gasteiger partial charge in [0, 0.05) is 6.07 Å². The number of nitrogens with two attached hydrogens (primary N) is 1. The highest BCUT2D eigenvalue weighted by Crippen LogP contribution is 2.19. The van der Waals surface area contributed by atoms with Crippen LogP contribution in [0, 0.1) is 11.3 Å². The Kier molecular flexibility index (Phi) is 3.48. The van der Waals surface area contributed by atoms with E-state index in [1.165, 1.54) is 24.1 Å². The van der Waals surface area contributed by atoms with Crippen LogP contribution in [0.2, 0.25) is 0 Å². The van der Waals surface area contributed by atoms with Crippen molar-refractivity contribution < 1.29 is 4.74 Å². The molecule has 6 nitrogen and oxygen atoms in total. The largest absolute Gasteiger partial charge is 0.495 e. The molecular formula is C13H12N4O2. The van der Waals surface area contributed by atoms with E-state index in [-0.39, 0.29) is 5.56 Å². The number of hydrogen-bond acceptors (Lipinski definition) is 5. The lowest BCUT2D eigenvalue weighted by Crippen LogP contribution is -2.22. The van der Waals surface area contributed by atoms with Crippen molar-refractivity contribution >= 4 is 5.69 Å². The summed E-state index contributed by atoms with van der Waals surface area (Å²) >= 11 is 0. The molecule has 19 heavy (non-hydrogen) atoms. The highest BCUT2D eigenvalue weighted by atomic mass is 16.5. The molecular weight excluding hydrogens is 244 g/mol. The smallest absolute Gasteiger partial charge is 0.269 e. The zero-order valence-corrected chi connectivity index (χ0v) is 10.3. The summed E-state index contributed by atoms with van der Waals surface area (Å²) in [5, 5.41) is 12.8. The maximum Gasteiger partial charge on any atom is 0.269 e. The van der Waals surface area contributed by atoms with Gasteiger partial charge in [0.05, 0.1) is 31.1 Å². The first-order valence-electron chi connectivity index (χ1n) is 5.53. The first kappa shape index (κ1) is 12.6. The molecule has 1 aromatic heterocycles. The van der Waals surface area contributed by atoms with Crippen LogP contribution < -0.4 is 16.0 Å². The first-order valence-corrected chi connectivity index (χ1v) is 5.53. The summed E-state index contributed by atoms with van der Waals surface area (Å²) in [6.45, 7) is 0.293. The third-order valence-corrected chi connectivity index (χ3v) is 2.61. The van der Waals surface area contributed by atoms with Crippen LogP contribution in [0.15, 0.2) is 35.3 Å². The summed E-state index contributed by atoms with van der Waals surface area (Å²) in [6, 6.07) is 8.46. The highest BCUT2D eigenvalue weighted by molar-refractivity contribution is 5.45. The molecule has 0 unspecified atom stereocenters. The predicted molar refractivity (Wildman–Crippen MR) is 69.7 cm³/mol. The van der Waals surface area contributed by atoms with Gasteiger partial charge in [-0.25, -0.2) is 4.68 Å². The normalized spacial score (nSPS) is 9.89. The number of hydrogen-bond donors (Lipinski definition) is 1. The third-order valence-electron chi connectivity index (χ3n) is 2.61. The fourth-order valence-electron chi connectivity index (χ4n) is 1.67. The predicted octanol–water partition coefficient (Wildman–Crippen LogP) is 0.754. The molecule has 2 rings (SSSR count). The molecule has 0 aliphatic carbocycles. The van der Waals surface area contributed by atoms with Gasteiger partial charge in [0.1, 0.15) is 11.8 Å². The van der Waals surface area contributed by atoms with Crippen molar-refractivity contribution in [2.24, 2.45) is 0 Å². The Morgan fingerprint density at radius 3 is 2.89 bits per heavy atom. The molecule has 0 saturated heterocycles. The van der Waals surface area contributed by atoms with Crippen molar-refractivity contribution in [1.29, 1.82) is 5.26 Å². The summed E-state index contributed by atoms with van der Waals surface area (Å²) in [6.07, 6.45) is 1.42. The van der Waals surface area contributed by atoms with Gasteiger partial charge < -0.3 is 10.5 Å². The minimum atomic E-state index is -0.275. The van der Waals surface area contributed by atoms with E-state index < -0.39 is 0 Å². The quantitative estimate of drug-likeness (QED) is 0.874. The summed E-state index contributed by atoms with van der Waals surface area (Å²) in [5.74, 6) is 0.475. The number of nitrogens with zero attached hydrogens (tertiary/aromatic N) is 3. The molecule has 0 aliphatic rings. The van der Waals surface area contributed by atoms with Gasteiger partial charge in [-0.15, -0.1) is 0 Å². The molecule has 1 heterocycles. The van der Waals surface area contributed by atoms with Crippen LogP contribution >= 0.6 is 0 Å². The standard InChI is InChI=1S/C13H12N4O2/c1-19-12-4-9(2-3-10(12)6-14)8-17-13(18)5-11(15)7-16-17/h2-5,7H,8,15H2,1H3. The molecule has 0 bridgehead atoms. The van der Waals surface area contributed by atoms with Crippen LogP contribution in [0.4, 0.5) is 5.69 Å². The Morgan fingerprint density at radius 1 is 1.47 bits per heavy atom. The second kappa shape index (κ2) is 5.23. The molecule has 6 heteroatoms. The molecule has 2 aromatic rings. The van der Waals surface area contributed by atoms with Crippen molar-refractivity contribution in [3.63, 3.8) is 0 Å². The van der Waals surface area contributed by atoms with Crippen molar-refractivity contribution in [3.05, 3.63) is 51.9 Å². The van der Waals surface area contributed by atoms with Crippen LogP contribution in [0.3, 0.4) is 0 Å². The highest BCUT2D eigenvalue weighted by Gasteiger charge is 2.05. The number of methoxy groups -OCH3 is 1. The molecule has 0 amide bonds. The van der Waals surface area contributed by atoms with Crippen molar-refractivity contribution in [3.8, 4) is 11.8 Å². The lowest BCUT2D eigenvalue weighted by Gasteiger charge is -2.07. The maximum atomic E-state index is 11.7. The number of rotatable bonds is 3. The molecule has 2 N–H and O–H groups in total. The summed E-state index contributed by atoms with van der Waals surface area (Å²) < 4.78 is 6.40. The van der Waals surface area contributed by atoms with Gasteiger partial charge >= 0.3 is 0 Å². The minimum absolute atomic E-state index is 0.275. The van der Waals surface area contributed by atoms with E-state index in [2.05, 4.69) is 5.10 Å². The molecule has 96 valence electrons. The van der Waals surface area contributed by atoms with E-state index in [1.807, 2.05) is 6.07 Å². The van der Waals surface area contributed by atoms with Crippen molar-refractivity contribution in [2.75, 3.05) is 12.8 Å². The Hall–Kier alpha value is -2.81. The number of aromatic nitrogens is 2. The van der Waals surface area contributed by atoms with Gasteiger partial charge in [-0.05, 0) is 17.7 Å². The summed E-state index contributed by atoms with van der Waals surface area (Å²) in [7, 11) is 1.49. The average Bonchev–Trinajstić information content (AvgIpc) is 2.41. The minimum Gasteiger partial charge on any atom is -0.495 e. The Bertz CT molecular complexity index is 701. The first-order chi connectivity index (χ1) is 9.13. The van der Waals surface area contributed by atoms with Crippen molar-refractivity contribution in [2.45, 2.75) is 6.54 Å². The van der Waals surface area contributed by atoms with Crippen LogP contribution in [0.1, 0.15) is 11.1 Å². The van der Waals surface area contributed by atoms with Gasteiger partial charge in [-0.2, -0.15) is 10.4 Å². The lowest BCUT2D eigenvalue weighted by molar-refractivity contribution is 0.412. The SMILES string of the molecule is COc1cc(Cn2ncc(N)cc2=O)ccc1C#N. The fraction of sp³-hybridized carbons (Fsp3) is 0.154. The van der Waals surface area contributed by atoms with Crippen LogP contribution in [-0.4, -0.2) is 16.9 Å². The second-order valence-electron chi connectivity index (χ2n) is 3.93. The van der Waals surface area contributed by atoms with Gasteiger partial charge in [0.2, 0.25) is 0 Å². The van der Waals surface area contributed by atoms with Gasteiger partial charge in [-0.1, -0.05) is 6.07 Å². The van der Waals surface area contributed by atoms with E-state index in [4.69, 9.17) is 15.7 Å². The average molecular weight is 256 g/mol. The molecule has 0 radical (unpaired) electrons. The topological polar surface area (TPSA) is 93.9 Å². The fourth-order valence-corrected chi connectivity index (χ4v) is 1.67. The Morgan fingerprint density at radius 2 is 2.26 bits per heavy atom. The monoisotopic (exact) mass is 256 g/mol. The summed E-state index contributed by atoms with van der Waals surface area (Å²) in [4.78, 5) is 11.7. The zero-order chi connectivity index (χ0) is 13.8. The molecule has 0 saturated carbocycles. The van der Waals surface area contributed by atoms with E-state index >= 15 is 0 Å². The van der Waals surface area contributed by atoms with Crippen molar-refractivity contribution in [1.82, 2.24) is 9.78 Å². The summed E-state index contributed by atoms with van der Waals surface area (Å²) in [5.41, 5.74) is 6.79. The molecule has 0 aliphatic heterocycles. The van der Waals surface area contributed by atoms with Crippen LogP contribution in [0.5, 0.6) is 5.75 Å². The van der Waals surface area contributed by atoms with E-state index in [0.29, 0.717) is 23.5 Å². The molecule has 0 spiro atoms. The Balaban J connectivity index is 2.34. The molecule has 0 atom stereocenters. The number of benzene rings is 1. The maximum absolute atomic E-state index is 11.7. The van der Waals surface area contributed by atoms with Gasteiger partial charge in [0.15, 0.2) is 0 Å². The molecule has 0 fully saturated rings. The van der Waals surface area contributed by atoms with E-state index in [1.54, 1.807) is 18.2 Å². The van der Waals surface area contributed by atoms with E-state index in [0.717, 1.165) is 5.56 Å². The van der Waals surface area contributed by atoms with Crippen LogP contribution in [-0.2, 0) is 6.54 Å². The second-order valence-corrected chi connectivity index (χ2v) is 3.93. The van der Waals surface area contributed by atoms with Gasteiger partial charge in [0.25, 0.3) is 5.56 Å². The third kappa shape index (κ3) is 2.72. The number of anilines is 1. The molecule has 1 aromatic carbocycles. The van der Waals surface area contributed by atoms with Crippen LogP contribution in [0.25, 0.3) is 0 Å². The zero-order valence-electron chi connectivity index (χ0n) is 10.3. The number of ether oxygens (including phenoxy) is 1.